The molecule has 4 heteroatoms. The number of anilines is 1. The monoisotopic (exact) mass is 236 g/mol. The first-order valence-electron chi connectivity index (χ1n) is 6.48. The van der Waals surface area contributed by atoms with Crippen molar-refractivity contribution < 1.29 is 0 Å². The van der Waals surface area contributed by atoms with Crippen LogP contribution in [0, 0.1) is 6.92 Å². The second-order valence-electron chi connectivity index (χ2n) is 4.27. The van der Waals surface area contributed by atoms with Crippen molar-refractivity contribution in [1.29, 1.82) is 0 Å². The number of nitrogens with one attached hydrogen (secondary N) is 1. The maximum atomic E-state index is 4.22. The van der Waals surface area contributed by atoms with Gasteiger partial charge in [0, 0.05) is 17.8 Å². The number of piperidine rings is 1. The standard InChI is InChI=1S/C11H18N4.C2H6/c1-9-7-11(13-8-12-9)14-10-3-5-15(2)6-4-10;1-2/h7-8,10H,3-6H2,1-2H3,(H,12,13,14);1-2H3. The van der Waals surface area contributed by atoms with E-state index in [4.69, 9.17) is 0 Å². The summed E-state index contributed by atoms with van der Waals surface area (Å²) >= 11 is 0. The van der Waals surface area contributed by atoms with Crippen molar-refractivity contribution in [3.05, 3.63) is 18.1 Å². The lowest BCUT2D eigenvalue weighted by Gasteiger charge is -2.29. The Kier molecular flexibility index (Phi) is 5.91. The number of hydrogen-bond acceptors (Lipinski definition) is 4. The summed E-state index contributed by atoms with van der Waals surface area (Å²) in [4.78, 5) is 10.7. The van der Waals surface area contributed by atoms with Gasteiger partial charge in [0.15, 0.2) is 0 Å². The molecule has 1 aromatic rings. The summed E-state index contributed by atoms with van der Waals surface area (Å²) in [5.41, 5.74) is 1.01. The highest BCUT2D eigenvalue weighted by atomic mass is 15.1. The van der Waals surface area contributed by atoms with E-state index >= 15 is 0 Å². The predicted molar refractivity (Wildman–Crippen MR) is 72.3 cm³/mol. The second-order valence-corrected chi connectivity index (χ2v) is 4.27. The minimum absolute atomic E-state index is 0.565. The van der Waals surface area contributed by atoms with Gasteiger partial charge in [0.2, 0.25) is 0 Å². The normalized spacial score (nSPS) is 17.2. The van der Waals surface area contributed by atoms with Gasteiger partial charge in [-0.15, -0.1) is 0 Å². The van der Waals surface area contributed by atoms with Gasteiger partial charge >= 0.3 is 0 Å². The maximum Gasteiger partial charge on any atom is 0.129 e. The number of nitrogens with zero attached hydrogens (tertiary/aromatic N) is 3. The van der Waals surface area contributed by atoms with Crippen molar-refractivity contribution in [1.82, 2.24) is 14.9 Å². The van der Waals surface area contributed by atoms with Crippen molar-refractivity contribution >= 4 is 5.82 Å². The molecule has 1 aliphatic rings. The van der Waals surface area contributed by atoms with Crippen molar-refractivity contribution in [2.24, 2.45) is 0 Å². The van der Waals surface area contributed by atoms with Crippen LogP contribution in [0.25, 0.3) is 0 Å². The number of rotatable bonds is 2. The van der Waals surface area contributed by atoms with E-state index in [1.54, 1.807) is 6.33 Å². The summed E-state index contributed by atoms with van der Waals surface area (Å²) in [6.45, 7) is 8.32. The molecule has 0 atom stereocenters. The molecular weight excluding hydrogens is 212 g/mol. The average molecular weight is 236 g/mol. The van der Waals surface area contributed by atoms with Crippen molar-refractivity contribution in [3.63, 3.8) is 0 Å². The van der Waals surface area contributed by atoms with E-state index < -0.39 is 0 Å². The van der Waals surface area contributed by atoms with Gasteiger partial charge < -0.3 is 10.2 Å². The molecule has 1 aliphatic heterocycles. The van der Waals surface area contributed by atoms with Crippen LogP contribution in [-0.2, 0) is 0 Å². The molecule has 1 saturated heterocycles. The molecule has 17 heavy (non-hydrogen) atoms. The highest BCUT2D eigenvalue weighted by Crippen LogP contribution is 2.13. The summed E-state index contributed by atoms with van der Waals surface area (Å²) in [5.74, 6) is 0.956. The zero-order chi connectivity index (χ0) is 12.7. The third-order valence-corrected chi connectivity index (χ3v) is 2.87. The summed E-state index contributed by atoms with van der Waals surface area (Å²) in [6.07, 6.45) is 4.01. The molecule has 4 nitrogen and oxygen atoms in total. The van der Waals surface area contributed by atoms with Gasteiger partial charge in [-0.2, -0.15) is 0 Å². The van der Waals surface area contributed by atoms with E-state index in [1.165, 1.54) is 25.9 Å². The maximum absolute atomic E-state index is 4.22. The highest BCUT2D eigenvalue weighted by Gasteiger charge is 2.16. The first-order valence-corrected chi connectivity index (χ1v) is 6.48. The smallest absolute Gasteiger partial charge is 0.129 e. The summed E-state index contributed by atoms with van der Waals surface area (Å²) < 4.78 is 0. The van der Waals surface area contributed by atoms with E-state index in [9.17, 15) is 0 Å². The first kappa shape index (κ1) is 13.9. The van der Waals surface area contributed by atoms with Crippen molar-refractivity contribution in [3.8, 4) is 0 Å². The molecule has 0 aromatic carbocycles. The average Bonchev–Trinajstić information content (AvgIpc) is 2.35. The van der Waals surface area contributed by atoms with Gasteiger partial charge in [0.25, 0.3) is 0 Å². The van der Waals surface area contributed by atoms with Gasteiger partial charge in [-0.25, -0.2) is 9.97 Å². The number of aryl methyl sites for hydroxylation is 1. The van der Waals surface area contributed by atoms with E-state index in [0.29, 0.717) is 6.04 Å². The molecule has 0 saturated carbocycles. The number of hydrogen-bond donors (Lipinski definition) is 1. The summed E-state index contributed by atoms with van der Waals surface area (Å²) in [5, 5.41) is 3.46. The van der Waals surface area contributed by atoms with Crippen LogP contribution in [0.15, 0.2) is 12.4 Å². The summed E-state index contributed by atoms with van der Waals surface area (Å²) in [6, 6.07) is 2.56. The van der Waals surface area contributed by atoms with Crippen LogP contribution in [0.4, 0.5) is 5.82 Å². The quantitative estimate of drug-likeness (QED) is 0.855. The lowest BCUT2D eigenvalue weighted by atomic mass is 10.1. The zero-order valence-corrected chi connectivity index (χ0v) is 11.4. The SMILES string of the molecule is CC.Cc1cc(NC2CCN(C)CC2)ncn1. The molecule has 2 rings (SSSR count). The molecule has 0 radical (unpaired) electrons. The van der Waals surface area contributed by atoms with Gasteiger partial charge in [-0.3, -0.25) is 0 Å². The Balaban J connectivity index is 0.000000686. The Hall–Kier alpha value is -1.16. The fraction of sp³-hybridized carbons (Fsp3) is 0.692. The third kappa shape index (κ3) is 4.69. The molecule has 1 N–H and O–H groups in total. The Labute approximate surface area is 104 Å². The van der Waals surface area contributed by atoms with Gasteiger partial charge in [-0.05, 0) is 39.9 Å². The largest absolute Gasteiger partial charge is 0.367 e. The number of aromatic nitrogens is 2. The molecule has 0 spiro atoms. The van der Waals surface area contributed by atoms with E-state index in [2.05, 4.69) is 27.2 Å². The molecule has 2 heterocycles. The van der Waals surface area contributed by atoms with Crippen LogP contribution < -0.4 is 5.32 Å². The minimum atomic E-state index is 0.565. The van der Waals surface area contributed by atoms with E-state index in [-0.39, 0.29) is 0 Å². The first-order chi connectivity index (χ1) is 8.24. The van der Waals surface area contributed by atoms with Crippen LogP contribution in [0.5, 0.6) is 0 Å². The van der Waals surface area contributed by atoms with Gasteiger partial charge in [-0.1, -0.05) is 13.8 Å². The molecule has 0 aliphatic carbocycles. The van der Waals surface area contributed by atoms with E-state index in [0.717, 1.165) is 11.5 Å². The van der Waals surface area contributed by atoms with Crippen LogP contribution in [0.2, 0.25) is 0 Å². The van der Waals surface area contributed by atoms with Gasteiger partial charge in [0.05, 0.1) is 0 Å². The lowest BCUT2D eigenvalue weighted by Crippen LogP contribution is -2.36. The Morgan fingerprint density at radius 1 is 1.24 bits per heavy atom. The Bertz CT molecular complexity index is 319. The Morgan fingerprint density at radius 2 is 1.88 bits per heavy atom. The van der Waals surface area contributed by atoms with Crippen LogP contribution >= 0.6 is 0 Å². The molecule has 0 amide bonds. The highest BCUT2D eigenvalue weighted by molar-refractivity contribution is 5.35. The predicted octanol–water partition coefficient (Wildman–Crippen LogP) is 2.32. The topological polar surface area (TPSA) is 41.0 Å². The van der Waals surface area contributed by atoms with Crippen LogP contribution in [0.3, 0.4) is 0 Å². The van der Waals surface area contributed by atoms with E-state index in [1.807, 2.05) is 26.8 Å². The van der Waals surface area contributed by atoms with Gasteiger partial charge in [0.1, 0.15) is 12.1 Å². The van der Waals surface area contributed by atoms with Crippen molar-refractivity contribution in [2.75, 3.05) is 25.5 Å². The molecular formula is C13H24N4. The van der Waals surface area contributed by atoms with Crippen molar-refractivity contribution in [2.45, 2.75) is 39.7 Å². The third-order valence-electron chi connectivity index (χ3n) is 2.87. The molecule has 0 bridgehead atoms. The lowest BCUT2D eigenvalue weighted by molar-refractivity contribution is 0.263. The Morgan fingerprint density at radius 3 is 2.47 bits per heavy atom. The fourth-order valence-electron chi connectivity index (χ4n) is 1.90. The van der Waals surface area contributed by atoms with Crippen LogP contribution in [-0.4, -0.2) is 41.0 Å². The number of likely N-dealkylation sites (tertiary alicyclic amines) is 1. The minimum Gasteiger partial charge on any atom is -0.367 e. The van der Waals surface area contributed by atoms with Crippen LogP contribution in [0.1, 0.15) is 32.4 Å². The summed E-state index contributed by atoms with van der Waals surface area (Å²) in [7, 11) is 2.17. The molecule has 1 fully saturated rings. The fourth-order valence-corrected chi connectivity index (χ4v) is 1.90. The second kappa shape index (κ2) is 7.22. The molecule has 0 unspecified atom stereocenters. The zero-order valence-electron chi connectivity index (χ0n) is 11.4. The molecule has 1 aromatic heterocycles. The molecule has 96 valence electrons.